The van der Waals surface area contributed by atoms with Gasteiger partial charge in [0.2, 0.25) is 5.34 Å². The number of benzene rings is 2. The first kappa shape index (κ1) is 19.4. The van der Waals surface area contributed by atoms with Gasteiger partial charge in [-0.1, -0.05) is 18.2 Å². The number of methoxy groups -OCH3 is 1. The Morgan fingerprint density at radius 1 is 1.08 bits per heavy atom. The average molecular weight is 369 g/mol. The molecule has 0 aliphatic carbocycles. The molecule has 2 aromatic rings. The second kappa shape index (κ2) is 7.97. The summed E-state index contributed by atoms with van der Waals surface area (Å²) in [5, 5.41) is 11.8. The van der Waals surface area contributed by atoms with Gasteiger partial charge < -0.3 is 24.2 Å². The van der Waals surface area contributed by atoms with Gasteiger partial charge in [0, 0.05) is 25.5 Å². The Kier molecular flexibility index (Phi) is 6.19. The summed E-state index contributed by atoms with van der Waals surface area (Å²) in [7, 11) is -0.243. The standard InChI is InChI=1S/C17H21FNO5P/c1-22-14-10-8-13(9-11-14)19-12-17(20,25(21,23-2)24-3)15-6-4-5-7-16(15)18/h4-11,19-20H,12H2,1-3H3/t17-/m1/s1. The third-order valence-electron chi connectivity index (χ3n) is 3.87. The van der Waals surface area contributed by atoms with Crippen LogP contribution >= 0.6 is 7.60 Å². The van der Waals surface area contributed by atoms with Crippen LogP contribution in [0.25, 0.3) is 0 Å². The van der Waals surface area contributed by atoms with Gasteiger partial charge in [0.15, 0.2) is 0 Å². The van der Waals surface area contributed by atoms with Crippen LogP contribution in [-0.4, -0.2) is 33.0 Å². The van der Waals surface area contributed by atoms with E-state index < -0.39 is 18.8 Å². The maximum absolute atomic E-state index is 14.3. The van der Waals surface area contributed by atoms with E-state index in [0.29, 0.717) is 11.4 Å². The van der Waals surface area contributed by atoms with Crippen molar-refractivity contribution in [3.8, 4) is 5.75 Å². The van der Waals surface area contributed by atoms with Crippen molar-refractivity contribution in [2.75, 3.05) is 33.2 Å². The van der Waals surface area contributed by atoms with Crippen LogP contribution in [0.3, 0.4) is 0 Å². The lowest BCUT2D eigenvalue weighted by atomic mass is 10.1. The molecule has 0 heterocycles. The predicted octanol–water partition coefficient (Wildman–Crippen LogP) is 3.58. The van der Waals surface area contributed by atoms with E-state index in [-0.39, 0.29) is 12.1 Å². The molecule has 0 amide bonds. The molecule has 0 unspecified atom stereocenters. The highest BCUT2D eigenvalue weighted by atomic mass is 31.2. The molecule has 6 nitrogen and oxygen atoms in total. The lowest BCUT2D eigenvalue weighted by Gasteiger charge is -2.34. The molecule has 2 rings (SSSR count). The van der Waals surface area contributed by atoms with E-state index in [4.69, 9.17) is 13.8 Å². The zero-order chi connectivity index (χ0) is 18.5. The van der Waals surface area contributed by atoms with E-state index in [1.807, 2.05) is 0 Å². The fraction of sp³-hybridized carbons (Fsp3) is 0.294. The molecule has 0 spiro atoms. The van der Waals surface area contributed by atoms with Crippen molar-refractivity contribution in [2.45, 2.75) is 5.34 Å². The predicted molar refractivity (Wildman–Crippen MR) is 93.4 cm³/mol. The molecule has 1 atom stereocenters. The molecule has 0 saturated carbocycles. The maximum Gasteiger partial charge on any atom is 0.367 e. The van der Waals surface area contributed by atoms with Crippen molar-refractivity contribution in [3.05, 3.63) is 59.9 Å². The number of aliphatic hydroxyl groups is 1. The average Bonchev–Trinajstić information content (AvgIpc) is 2.66. The molecule has 0 bridgehead atoms. The molecule has 8 heteroatoms. The monoisotopic (exact) mass is 369 g/mol. The highest BCUT2D eigenvalue weighted by Gasteiger charge is 2.51. The number of halogens is 1. The third-order valence-corrected chi connectivity index (χ3v) is 6.13. The Labute approximate surface area is 146 Å². The highest BCUT2D eigenvalue weighted by Crippen LogP contribution is 2.62. The van der Waals surface area contributed by atoms with Crippen LogP contribution < -0.4 is 10.1 Å². The number of anilines is 1. The summed E-state index contributed by atoms with van der Waals surface area (Å²) < 4.78 is 42.2. The van der Waals surface area contributed by atoms with Crippen molar-refractivity contribution in [2.24, 2.45) is 0 Å². The molecule has 0 fully saturated rings. The smallest absolute Gasteiger partial charge is 0.367 e. The first-order valence-electron chi connectivity index (χ1n) is 7.47. The number of hydrogen-bond acceptors (Lipinski definition) is 6. The number of nitrogens with one attached hydrogen (secondary N) is 1. The molecular weight excluding hydrogens is 348 g/mol. The molecule has 136 valence electrons. The van der Waals surface area contributed by atoms with Crippen molar-refractivity contribution in [1.29, 1.82) is 0 Å². The lowest BCUT2D eigenvalue weighted by Crippen LogP contribution is -2.36. The third kappa shape index (κ3) is 3.85. The Bertz CT molecular complexity index is 747. The van der Waals surface area contributed by atoms with Crippen LogP contribution in [-0.2, 0) is 19.0 Å². The quantitative estimate of drug-likeness (QED) is 0.693. The summed E-state index contributed by atoms with van der Waals surface area (Å²) >= 11 is 0. The fourth-order valence-electron chi connectivity index (χ4n) is 2.44. The van der Waals surface area contributed by atoms with Crippen molar-refractivity contribution in [3.63, 3.8) is 0 Å². The molecule has 2 N–H and O–H groups in total. The van der Waals surface area contributed by atoms with Gasteiger partial charge in [-0.15, -0.1) is 0 Å². The number of hydrogen-bond donors (Lipinski definition) is 2. The highest BCUT2D eigenvalue weighted by molar-refractivity contribution is 7.54. The molecule has 0 aliphatic rings. The van der Waals surface area contributed by atoms with Gasteiger partial charge in [0.25, 0.3) is 0 Å². The molecule has 0 aromatic heterocycles. The first-order chi connectivity index (χ1) is 11.9. The van der Waals surface area contributed by atoms with E-state index in [9.17, 15) is 14.1 Å². The molecule has 25 heavy (non-hydrogen) atoms. The Hall–Kier alpha value is -1.92. The van der Waals surface area contributed by atoms with E-state index in [2.05, 4.69) is 5.32 Å². The second-order valence-electron chi connectivity index (χ2n) is 5.24. The first-order valence-corrected chi connectivity index (χ1v) is 9.01. The van der Waals surface area contributed by atoms with E-state index in [1.54, 1.807) is 31.4 Å². The van der Waals surface area contributed by atoms with E-state index >= 15 is 0 Å². The molecular formula is C17H21FNO5P. The Balaban J connectivity index is 2.38. The fourth-order valence-corrected chi connectivity index (χ4v) is 3.94. The molecule has 0 saturated heterocycles. The zero-order valence-corrected chi connectivity index (χ0v) is 15.1. The van der Waals surface area contributed by atoms with Crippen LogP contribution in [0, 0.1) is 5.82 Å². The van der Waals surface area contributed by atoms with Gasteiger partial charge in [-0.2, -0.15) is 0 Å². The van der Waals surface area contributed by atoms with Crippen molar-refractivity contribution < 1.29 is 27.8 Å². The van der Waals surface area contributed by atoms with Gasteiger partial charge in [-0.25, -0.2) is 4.39 Å². The van der Waals surface area contributed by atoms with Crippen molar-refractivity contribution >= 4 is 13.3 Å². The number of ether oxygens (including phenoxy) is 1. The summed E-state index contributed by atoms with van der Waals surface area (Å²) in [6.45, 7) is -0.292. The summed E-state index contributed by atoms with van der Waals surface area (Å²) in [5.41, 5.74) is 0.442. The van der Waals surface area contributed by atoms with Crippen LogP contribution in [0.2, 0.25) is 0 Å². The van der Waals surface area contributed by atoms with Crippen molar-refractivity contribution in [1.82, 2.24) is 0 Å². The summed E-state index contributed by atoms with van der Waals surface area (Å²) in [6, 6.07) is 12.4. The van der Waals surface area contributed by atoms with E-state index in [1.165, 1.54) is 24.3 Å². The van der Waals surface area contributed by atoms with Gasteiger partial charge in [-0.05, 0) is 30.3 Å². The normalized spacial score (nSPS) is 14.0. The molecule has 2 aromatic carbocycles. The summed E-state index contributed by atoms with van der Waals surface area (Å²) in [5.74, 6) is -0.0507. The zero-order valence-electron chi connectivity index (χ0n) is 14.2. The second-order valence-corrected chi connectivity index (χ2v) is 7.71. The Morgan fingerprint density at radius 2 is 1.68 bits per heavy atom. The van der Waals surface area contributed by atoms with Crippen LogP contribution in [0.1, 0.15) is 5.56 Å². The number of rotatable bonds is 8. The Morgan fingerprint density at radius 3 is 2.20 bits per heavy atom. The van der Waals surface area contributed by atoms with E-state index in [0.717, 1.165) is 14.2 Å². The minimum Gasteiger partial charge on any atom is -0.497 e. The van der Waals surface area contributed by atoms with Crippen LogP contribution in [0.15, 0.2) is 48.5 Å². The summed E-state index contributed by atoms with van der Waals surface area (Å²) in [6.07, 6.45) is 0. The summed E-state index contributed by atoms with van der Waals surface area (Å²) in [4.78, 5) is 0. The minimum absolute atomic E-state index is 0.178. The van der Waals surface area contributed by atoms with Gasteiger partial charge >= 0.3 is 7.60 Å². The lowest BCUT2D eigenvalue weighted by molar-refractivity contribution is 0.0844. The molecule has 0 aliphatic heterocycles. The SMILES string of the molecule is COc1ccc(NC[C@](O)(c2ccccc2F)P(=O)(OC)OC)cc1. The van der Waals surface area contributed by atoms with Crippen LogP contribution in [0.5, 0.6) is 5.75 Å². The van der Waals surface area contributed by atoms with Crippen LogP contribution in [0.4, 0.5) is 10.1 Å². The van der Waals surface area contributed by atoms with Gasteiger partial charge in [0.1, 0.15) is 11.6 Å². The van der Waals surface area contributed by atoms with Gasteiger partial charge in [-0.3, -0.25) is 4.57 Å². The molecule has 0 radical (unpaired) electrons. The van der Waals surface area contributed by atoms with Gasteiger partial charge in [0.05, 0.1) is 13.7 Å². The maximum atomic E-state index is 14.3. The minimum atomic E-state index is -4.08. The topological polar surface area (TPSA) is 77.0 Å². The largest absolute Gasteiger partial charge is 0.497 e.